The highest BCUT2D eigenvalue weighted by atomic mass is 35.5. The van der Waals surface area contributed by atoms with E-state index in [4.69, 9.17) is 11.6 Å². The summed E-state index contributed by atoms with van der Waals surface area (Å²) in [6, 6.07) is 7.70. The number of nitrogens with zero attached hydrogens (tertiary/aromatic N) is 2. The molecule has 0 amide bonds. The number of hydrogen-bond acceptors (Lipinski definition) is 4. The lowest BCUT2D eigenvalue weighted by Gasteiger charge is -2.11. The molecule has 22 heavy (non-hydrogen) atoms. The molecule has 0 atom stereocenters. The summed E-state index contributed by atoms with van der Waals surface area (Å²) in [5, 5.41) is 7.30. The van der Waals surface area contributed by atoms with Crippen LogP contribution in [-0.2, 0) is 0 Å². The van der Waals surface area contributed by atoms with E-state index in [-0.39, 0.29) is 0 Å². The van der Waals surface area contributed by atoms with E-state index in [0.717, 1.165) is 35.7 Å². The SMILES string of the molecule is CCCCCNc1cc(C)nc(Nc2cc(Cl)ccc2C)n1. The molecule has 4 nitrogen and oxygen atoms in total. The van der Waals surface area contributed by atoms with Crippen LogP contribution < -0.4 is 10.6 Å². The molecule has 0 spiro atoms. The Hall–Kier alpha value is -1.81. The monoisotopic (exact) mass is 318 g/mol. The van der Waals surface area contributed by atoms with Crippen molar-refractivity contribution < 1.29 is 0 Å². The Kier molecular flexibility index (Phi) is 6.01. The van der Waals surface area contributed by atoms with E-state index >= 15 is 0 Å². The maximum Gasteiger partial charge on any atom is 0.229 e. The van der Waals surface area contributed by atoms with Crippen LogP contribution >= 0.6 is 11.6 Å². The van der Waals surface area contributed by atoms with Crippen LogP contribution in [0.2, 0.25) is 5.02 Å². The molecule has 0 radical (unpaired) electrons. The number of unbranched alkanes of at least 4 members (excludes halogenated alkanes) is 2. The molecule has 2 rings (SSSR count). The van der Waals surface area contributed by atoms with E-state index in [1.807, 2.05) is 38.1 Å². The van der Waals surface area contributed by atoms with Gasteiger partial charge in [0.25, 0.3) is 0 Å². The number of benzene rings is 1. The minimum Gasteiger partial charge on any atom is -0.370 e. The number of aryl methyl sites for hydroxylation is 2. The summed E-state index contributed by atoms with van der Waals surface area (Å²) >= 11 is 6.05. The number of nitrogens with one attached hydrogen (secondary N) is 2. The number of rotatable bonds is 7. The van der Waals surface area contributed by atoms with Gasteiger partial charge in [0.1, 0.15) is 5.82 Å². The first-order chi connectivity index (χ1) is 10.6. The largest absolute Gasteiger partial charge is 0.370 e. The predicted octanol–water partition coefficient (Wildman–Crippen LogP) is 5.09. The highest BCUT2D eigenvalue weighted by molar-refractivity contribution is 6.30. The summed E-state index contributed by atoms with van der Waals surface area (Å²) in [6.45, 7) is 7.12. The molecule has 0 aliphatic rings. The Bertz CT molecular complexity index is 628. The van der Waals surface area contributed by atoms with Gasteiger partial charge in [-0.25, -0.2) is 4.98 Å². The van der Waals surface area contributed by atoms with Gasteiger partial charge in [-0.3, -0.25) is 0 Å². The van der Waals surface area contributed by atoms with Crippen LogP contribution in [0.15, 0.2) is 24.3 Å². The second-order valence-electron chi connectivity index (χ2n) is 5.44. The minimum absolute atomic E-state index is 0.586. The lowest BCUT2D eigenvalue weighted by atomic mass is 10.2. The molecule has 0 saturated heterocycles. The van der Waals surface area contributed by atoms with Gasteiger partial charge in [-0.15, -0.1) is 0 Å². The van der Waals surface area contributed by atoms with Crippen LogP contribution in [0.25, 0.3) is 0 Å². The second-order valence-corrected chi connectivity index (χ2v) is 5.87. The molecule has 5 heteroatoms. The molecule has 0 bridgehead atoms. The summed E-state index contributed by atoms with van der Waals surface area (Å²) in [5.41, 5.74) is 2.96. The van der Waals surface area contributed by atoms with Crippen LogP contribution in [0.4, 0.5) is 17.5 Å². The quantitative estimate of drug-likeness (QED) is 0.698. The first-order valence-electron chi connectivity index (χ1n) is 7.71. The van der Waals surface area contributed by atoms with E-state index in [9.17, 15) is 0 Å². The smallest absolute Gasteiger partial charge is 0.229 e. The fourth-order valence-electron chi connectivity index (χ4n) is 2.16. The number of halogens is 1. The molecule has 118 valence electrons. The van der Waals surface area contributed by atoms with E-state index in [1.54, 1.807) is 0 Å². The van der Waals surface area contributed by atoms with E-state index in [0.29, 0.717) is 11.0 Å². The maximum absolute atomic E-state index is 6.05. The zero-order valence-corrected chi connectivity index (χ0v) is 14.2. The fourth-order valence-corrected chi connectivity index (χ4v) is 2.33. The summed E-state index contributed by atoms with van der Waals surface area (Å²) in [7, 11) is 0. The van der Waals surface area contributed by atoms with Gasteiger partial charge in [0.05, 0.1) is 0 Å². The Balaban J connectivity index is 2.10. The Morgan fingerprint density at radius 1 is 1.09 bits per heavy atom. The molecule has 2 N–H and O–H groups in total. The molecule has 2 aromatic rings. The van der Waals surface area contributed by atoms with Gasteiger partial charge in [0.2, 0.25) is 5.95 Å². The molecule has 0 aliphatic heterocycles. The van der Waals surface area contributed by atoms with Crippen molar-refractivity contribution in [3.63, 3.8) is 0 Å². The van der Waals surface area contributed by atoms with Crippen LogP contribution in [0.3, 0.4) is 0 Å². The zero-order chi connectivity index (χ0) is 15.9. The van der Waals surface area contributed by atoms with Gasteiger partial charge in [-0.05, 0) is 38.0 Å². The van der Waals surface area contributed by atoms with Crippen molar-refractivity contribution >= 4 is 29.1 Å². The highest BCUT2D eigenvalue weighted by Crippen LogP contribution is 2.23. The molecular formula is C17H23ClN4. The third kappa shape index (κ3) is 4.88. The van der Waals surface area contributed by atoms with Crippen LogP contribution in [0.5, 0.6) is 0 Å². The lowest BCUT2D eigenvalue weighted by molar-refractivity contribution is 0.742. The Labute approximate surface area is 137 Å². The van der Waals surface area contributed by atoms with E-state index < -0.39 is 0 Å². The Morgan fingerprint density at radius 2 is 1.91 bits per heavy atom. The van der Waals surface area contributed by atoms with Crippen molar-refractivity contribution in [2.24, 2.45) is 0 Å². The van der Waals surface area contributed by atoms with Crippen molar-refractivity contribution in [2.75, 3.05) is 17.2 Å². The van der Waals surface area contributed by atoms with Crippen molar-refractivity contribution in [1.29, 1.82) is 0 Å². The van der Waals surface area contributed by atoms with Gasteiger partial charge in [-0.2, -0.15) is 4.98 Å². The summed E-state index contributed by atoms with van der Waals surface area (Å²) in [4.78, 5) is 8.96. The molecular weight excluding hydrogens is 296 g/mol. The van der Waals surface area contributed by atoms with Gasteiger partial charge < -0.3 is 10.6 Å². The predicted molar refractivity (Wildman–Crippen MR) is 94.3 cm³/mol. The molecule has 0 saturated carbocycles. The molecule has 1 heterocycles. The highest BCUT2D eigenvalue weighted by Gasteiger charge is 2.05. The van der Waals surface area contributed by atoms with Gasteiger partial charge >= 0.3 is 0 Å². The number of aromatic nitrogens is 2. The molecule has 0 unspecified atom stereocenters. The topological polar surface area (TPSA) is 49.8 Å². The van der Waals surface area contributed by atoms with Crippen LogP contribution in [0.1, 0.15) is 37.4 Å². The fraction of sp³-hybridized carbons (Fsp3) is 0.412. The lowest BCUT2D eigenvalue weighted by Crippen LogP contribution is -2.07. The summed E-state index contributed by atoms with van der Waals surface area (Å²) in [6.07, 6.45) is 3.59. The van der Waals surface area contributed by atoms with E-state index in [1.165, 1.54) is 12.8 Å². The summed E-state index contributed by atoms with van der Waals surface area (Å²) < 4.78 is 0. The van der Waals surface area contributed by atoms with Crippen molar-refractivity contribution in [3.05, 3.63) is 40.5 Å². The number of hydrogen-bond donors (Lipinski definition) is 2. The second kappa shape index (κ2) is 7.99. The third-order valence-corrected chi connectivity index (χ3v) is 3.62. The van der Waals surface area contributed by atoms with Crippen molar-refractivity contribution in [2.45, 2.75) is 40.0 Å². The molecule has 1 aromatic heterocycles. The molecule has 0 aliphatic carbocycles. The van der Waals surface area contributed by atoms with Gasteiger partial charge in [0.15, 0.2) is 0 Å². The normalized spacial score (nSPS) is 10.5. The number of anilines is 3. The van der Waals surface area contributed by atoms with Crippen LogP contribution in [-0.4, -0.2) is 16.5 Å². The maximum atomic E-state index is 6.05. The first kappa shape index (κ1) is 16.6. The first-order valence-corrected chi connectivity index (χ1v) is 8.09. The van der Waals surface area contributed by atoms with Gasteiger partial charge in [-0.1, -0.05) is 37.4 Å². The standard InChI is InChI=1S/C17H23ClN4/c1-4-5-6-9-19-16-10-13(3)20-17(22-16)21-15-11-14(18)8-7-12(15)2/h7-8,10-11H,4-6,9H2,1-3H3,(H2,19,20,21,22). The third-order valence-electron chi connectivity index (χ3n) is 3.39. The minimum atomic E-state index is 0.586. The van der Waals surface area contributed by atoms with Crippen molar-refractivity contribution in [3.8, 4) is 0 Å². The van der Waals surface area contributed by atoms with Gasteiger partial charge in [0, 0.05) is 29.0 Å². The van der Waals surface area contributed by atoms with Crippen LogP contribution in [0, 0.1) is 13.8 Å². The summed E-state index contributed by atoms with van der Waals surface area (Å²) in [5.74, 6) is 1.44. The average Bonchev–Trinajstić information content (AvgIpc) is 2.47. The Morgan fingerprint density at radius 3 is 2.68 bits per heavy atom. The zero-order valence-electron chi connectivity index (χ0n) is 13.4. The van der Waals surface area contributed by atoms with Crippen molar-refractivity contribution in [1.82, 2.24) is 9.97 Å². The molecule has 0 fully saturated rings. The molecule has 1 aromatic carbocycles. The van der Waals surface area contributed by atoms with E-state index in [2.05, 4.69) is 27.5 Å². The average molecular weight is 319 g/mol.